The SMILES string of the molecule is C[C@H](CCC(O)OCCC(F)(F)C(F)(F)S(=O)(=O)O)[C@H]1CC[C@H]2[C@@H]3C(O)CC4CC(=O)CC[C@]4(C)[C@H]3CC[C@]12C. The number of ether oxygens (including phenoxy) is 1. The predicted octanol–water partition coefficient (Wildman–Crippen LogP) is 5.44. The van der Waals surface area contributed by atoms with Gasteiger partial charge in [-0.2, -0.15) is 26.0 Å². The zero-order valence-electron chi connectivity index (χ0n) is 23.5. The van der Waals surface area contributed by atoms with E-state index in [0.29, 0.717) is 49.2 Å². The number of alkyl halides is 4. The fraction of sp³-hybridized carbons (Fsp3) is 0.964. The third-order valence-corrected chi connectivity index (χ3v) is 12.6. The van der Waals surface area contributed by atoms with Crippen LogP contribution in [0.5, 0.6) is 0 Å². The molecule has 12 heteroatoms. The molecule has 4 fully saturated rings. The smallest absolute Gasteiger partial charge is 0.393 e. The van der Waals surface area contributed by atoms with Crippen LogP contribution in [-0.4, -0.2) is 59.1 Å². The zero-order valence-corrected chi connectivity index (χ0v) is 24.3. The summed E-state index contributed by atoms with van der Waals surface area (Å²) >= 11 is 0. The Kier molecular flexibility index (Phi) is 8.85. The number of carbonyl (C=O) groups is 1. The van der Waals surface area contributed by atoms with Crippen LogP contribution in [0.25, 0.3) is 0 Å². The van der Waals surface area contributed by atoms with Crippen LogP contribution in [0.3, 0.4) is 0 Å². The number of rotatable bonds is 10. The van der Waals surface area contributed by atoms with E-state index in [9.17, 15) is 41.0 Å². The molecule has 4 aliphatic carbocycles. The molecule has 0 aromatic carbocycles. The summed E-state index contributed by atoms with van der Waals surface area (Å²) in [6.07, 6.45) is 3.80. The summed E-state index contributed by atoms with van der Waals surface area (Å²) in [6.45, 7) is 5.70. The van der Waals surface area contributed by atoms with Crippen molar-refractivity contribution >= 4 is 15.9 Å². The van der Waals surface area contributed by atoms with E-state index in [2.05, 4.69) is 20.8 Å². The molecular weight excluding hydrogens is 556 g/mol. The topological polar surface area (TPSA) is 121 Å². The van der Waals surface area contributed by atoms with Crippen molar-refractivity contribution < 1.29 is 50.3 Å². The molecule has 3 unspecified atom stereocenters. The third kappa shape index (κ3) is 5.49. The molecule has 4 aliphatic rings. The van der Waals surface area contributed by atoms with Gasteiger partial charge in [0.1, 0.15) is 5.78 Å². The summed E-state index contributed by atoms with van der Waals surface area (Å²) in [7, 11) is -6.31. The molecular formula is C28H44F4O7S. The highest BCUT2D eigenvalue weighted by molar-refractivity contribution is 7.87. The maximum atomic E-state index is 13.7. The van der Waals surface area contributed by atoms with Gasteiger partial charge in [-0.3, -0.25) is 9.35 Å². The molecule has 10 atom stereocenters. The van der Waals surface area contributed by atoms with Gasteiger partial charge >= 0.3 is 21.3 Å². The van der Waals surface area contributed by atoms with Gasteiger partial charge in [0.2, 0.25) is 0 Å². The van der Waals surface area contributed by atoms with Gasteiger partial charge in [-0.05, 0) is 97.7 Å². The average Bonchev–Trinajstić information content (AvgIpc) is 3.20. The minimum atomic E-state index is -6.31. The number of aliphatic hydroxyl groups is 2. The number of hydrogen-bond acceptors (Lipinski definition) is 6. The van der Waals surface area contributed by atoms with Crippen LogP contribution in [0.15, 0.2) is 0 Å². The molecule has 40 heavy (non-hydrogen) atoms. The quantitative estimate of drug-likeness (QED) is 0.173. The van der Waals surface area contributed by atoms with Gasteiger partial charge in [0.05, 0.1) is 12.7 Å². The molecule has 0 bridgehead atoms. The van der Waals surface area contributed by atoms with Crippen molar-refractivity contribution in [2.75, 3.05) is 6.61 Å². The fourth-order valence-corrected chi connectivity index (χ4v) is 9.82. The summed E-state index contributed by atoms with van der Waals surface area (Å²) in [5.41, 5.74) is 0.0803. The van der Waals surface area contributed by atoms with Gasteiger partial charge in [0.25, 0.3) is 0 Å². The second-order valence-corrected chi connectivity index (χ2v) is 15.1. The second kappa shape index (κ2) is 11.0. The summed E-state index contributed by atoms with van der Waals surface area (Å²) in [5, 5.41) is 15.8. The first kappa shape index (κ1) is 32.1. The molecule has 4 rings (SSSR count). The van der Waals surface area contributed by atoms with Crippen molar-refractivity contribution in [1.82, 2.24) is 0 Å². The van der Waals surface area contributed by atoms with Gasteiger partial charge < -0.3 is 14.9 Å². The maximum absolute atomic E-state index is 13.7. The van der Waals surface area contributed by atoms with Crippen LogP contribution in [0.2, 0.25) is 0 Å². The van der Waals surface area contributed by atoms with E-state index in [1.54, 1.807) is 0 Å². The van der Waals surface area contributed by atoms with Crippen LogP contribution >= 0.6 is 0 Å². The number of ketones is 1. The Morgan fingerprint density at radius 1 is 1.05 bits per heavy atom. The number of carbonyl (C=O) groups excluding carboxylic acids is 1. The van der Waals surface area contributed by atoms with E-state index in [1.165, 1.54) is 0 Å². The Balaban J connectivity index is 1.32. The predicted molar refractivity (Wildman–Crippen MR) is 138 cm³/mol. The van der Waals surface area contributed by atoms with Crippen molar-refractivity contribution in [3.05, 3.63) is 0 Å². The lowest BCUT2D eigenvalue weighted by molar-refractivity contribution is -0.185. The van der Waals surface area contributed by atoms with Gasteiger partial charge in [0.15, 0.2) is 6.29 Å². The van der Waals surface area contributed by atoms with E-state index < -0.39 is 46.7 Å². The van der Waals surface area contributed by atoms with E-state index in [1.807, 2.05) is 0 Å². The standard InChI is InChI=1S/C28H44F4O7S/c1-16(4-7-23(35)39-13-12-27(29,30)28(31,32)40(36,37)38)19-5-6-20-24-21(9-11-26(19,20)3)25(2)10-8-18(33)14-17(25)15-22(24)34/h16-17,19-24,34-35H,4-15H2,1-3H3,(H,36,37,38)/t16-,17?,19-,20+,21+,22?,23?,24+,25+,26-/m1/s1. The zero-order chi connectivity index (χ0) is 29.9. The molecule has 0 saturated heterocycles. The minimum Gasteiger partial charge on any atom is -0.393 e. The first-order valence-electron chi connectivity index (χ1n) is 14.6. The lowest BCUT2D eigenvalue weighted by atomic mass is 9.44. The third-order valence-electron chi connectivity index (χ3n) is 11.6. The monoisotopic (exact) mass is 600 g/mol. The lowest BCUT2D eigenvalue weighted by Gasteiger charge is -2.62. The molecule has 0 aromatic rings. The molecule has 0 aliphatic heterocycles. The van der Waals surface area contributed by atoms with Crippen LogP contribution in [0, 0.1) is 46.3 Å². The Morgan fingerprint density at radius 2 is 1.70 bits per heavy atom. The van der Waals surface area contributed by atoms with Crippen molar-refractivity contribution in [1.29, 1.82) is 0 Å². The average molecular weight is 601 g/mol. The number of fused-ring (bicyclic) bond motifs is 5. The Morgan fingerprint density at radius 3 is 2.35 bits per heavy atom. The Bertz CT molecular complexity index is 1060. The first-order valence-corrected chi connectivity index (χ1v) is 16.0. The molecule has 0 spiro atoms. The van der Waals surface area contributed by atoms with Gasteiger partial charge in [-0.1, -0.05) is 20.8 Å². The molecule has 0 aromatic heterocycles. The number of halogens is 4. The molecule has 0 heterocycles. The highest BCUT2D eigenvalue weighted by Gasteiger charge is 2.65. The van der Waals surface area contributed by atoms with Gasteiger partial charge in [-0.15, -0.1) is 0 Å². The van der Waals surface area contributed by atoms with Crippen LogP contribution in [0.4, 0.5) is 17.6 Å². The molecule has 0 radical (unpaired) electrons. The van der Waals surface area contributed by atoms with Gasteiger partial charge in [0, 0.05) is 19.3 Å². The van der Waals surface area contributed by atoms with Crippen LogP contribution in [-0.2, 0) is 19.6 Å². The summed E-state index contributed by atoms with van der Waals surface area (Å²) < 4.78 is 88.6. The van der Waals surface area contributed by atoms with Crippen LogP contribution in [0.1, 0.15) is 91.4 Å². The van der Waals surface area contributed by atoms with Crippen molar-refractivity contribution in [3.8, 4) is 0 Å². The Hall–Kier alpha value is -0.820. The highest BCUT2D eigenvalue weighted by atomic mass is 32.2. The number of Topliss-reactive ketones (excluding diaryl/α,β-unsaturated/α-hetero) is 1. The fourth-order valence-electron chi connectivity index (χ4n) is 9.34. The van der Waals surface area contributed by atoms with Crippen LogP contribution < -0.4 is 0 Å². The summed E-state index contributed by atoms with van der Waals surface area (Å²) in [5.74, 6) is -3.08. The normalized spacial score (nSPS) is 40.2. The summed E-state index contributed by atoms with van der Waals surface area (Å²) in [4.78, 5) is 12.2. The lowest BCUT2D eigenvalue weighted by Crippen LogP contribution is -2.58. The number of hydrogen-bond donors (Lipinski definition) is 3. The molecule has 4 saturated carbocycles. The van der Waals surface area contributed by atoms with E-state index in [0.717, 1.165) is 32.1 Å². The molecule has 232 valence electrons. The van der Waals surface area contributed by atoms with Crippen molar-refractivity contribution in [3.63, 3.8) is 0 Å². The van der Waals surface area contributed by atoms with Crippen molar-refractivity contribution in [2.24, 2.45) is 46.3 Å². The maximum Gasteiger partial charge on any atom is 0.431 e. The molecule has 3 N–H and O–H groups in total. The van der Waals surface area contributed by atoms with E-state index >= 15 is 0 Å². The number of aliphatic hydroxyl groups excluding tert-OH is 2. The Labute approximate surface area is 234 Å². The van der Waals surface area contributed by atoms with Crippen molar-refractivity contribution in [2.45, 2.75) is 115 Å². The minimum absolute atomic E-state index is 0.00445. The van der Waals surface area contributed by atoms with Gasteiger partial charge in [-0.25, -0.2) is 0 Å². The first-order chi connectivity index (χ1) is 18.3. The largest absolute Gasteiger partial charge is 0.431 e. The molecule has 7 nitrogen and oxygen atoms in total. The molecule has 0 amide bonds. The summed E-state index contributed by atoms with van der Waals surface area (Å²) in [6, 6.07) is 0. The highest BCUT2D eigenvalue weighted by Crippen LogP contribution is 2.68. The van der Waals surface area contributed by atoms with E-state index in [-0.39, 0.29) is 35.0 Å². The van der Waals surface area contributed by atoms with E-state index in [4.69, 9.17) is 9.29 Å². The second-order valence-electron chi connectivity index (χ2n) is 13.6.